The van der Waals surface area contributed by atoms with Gasteiger partial charge in [-0.1, -0.05) is 97.1 Å². The van der Waals surface area contributed by atoms with E-state index >= 15 is 9.13 Å². The fourth-order valence-corrected chi connectivity index (χ4v) is 14.9. The Hall–Kier alpha value is -4.62. The zero-order chi connectivity index (χ0) is 28.3. The molecule has 2 heterocycles. The Labute approximate surface area is 244 Å². The number of benzene rings is 6. The van der Waals surface area contributed by atoms with Crippen LogP contribution in [-0.2, 0) is 9.13 Å². The minimum Gasteiger partial charge on any atom is -0.308 e. The molecule has 0 saturated carbocycles. The van der Waals surface area contributed by atoms with Gasteiger partial charge >= 0.3 is 0 Å². The van der Waals surface area contributed by atoms with Gasteiger partial charge in [-0.05, 0) is 60.7 Å². The van der Waals surface area contributed by atoms with Gasteiger partial charge in [0.2, 0.25) is 14.6 Å². The van der Waals surface area contributed by atoms with Gasteiger partial charge in [-0.25, -0.2) is 0 Å². The molecule has 1 aromatic heterocycles. The molecule has 6 heteroatoms. The highest BCUT2D eigenvalue weighted by Crippen LogP contribution is 2.71. The van der Waals surface area contributed by atoms with E-state index in [4.69, 9.17) is 0 Å². The summed E-state index contributed by atoms with van der Waals surface area (Å²) in [6.45, 7) is 0. The standard InChI is InChI=1S/C36H26N2O2P2/c39-41(28-17-6-2-7-18-28)35-26-14-25-34(37-32-23-12-10-21-30(32)31-22-11-13-24-33(31)37)36(35)42(40,29-19-8-3-9-20-29)38(41)27-15-4-1-5-16-27/h1-26H. The van der Waals surface area contributed by atoms with E-state index in [0.29, 0.717) is 26.9 Å². The van der Waals surface area contributed by atoms with E-state index < -0.39 is 14.6 Å². The van der Waals surface area contributed by atoms with Gasteiger partial charge in [-0.15, -0.1) is 0 Å². The molecule has 7 aromatic rings. The van der Waals surface area contributed by atoms with Crippen molar-refractivity contribution in [2.75, 3.05) is 4.44 Å². The summed E-state index contributed by atoms with van der Waals surface area (Å²) in [7, 11) is -7.34. The van der Waals surface area contributed by atoms with Gasteiger partial charge in [0.15, 0.2) is 0 Å². The van der Waals surface area contributed by atoms with Gasteiger partial charge in [-0.3, -0.25) is 13.6 Å². The Kier molecular flexibility index (Phi) is 5.66. The van der Waals surface area contributed by atoms with Crippen LogP contribution in [0.15, 0.2) is 158 Å². The van der Waals surface area contributed by atoms with Gasteiger partial charge in [-0.2, -0.15) is 0 Å². The van der Waals surface area contributed by atoms with Crippen molar-refractivity contribution in [3.05, 3.63) is 158 Å². The number of rotatable bonds is 4. The third kappa shape index (κ3) is 3.37. The van der Waals surface area contributed by atoms with Gasteiger partial charge in [0.05, 0.1) is 33.0 Å². The monoisotopic (exact) mass is 580 g/mol. The number of hydrogen-bond acceptors (Lipinski definition) is 2. The van der Waals surface area contributed by atoms with E-state index in [2.05, 4.69) is 28.8 Å². The zero-order valence-corrected chi connectivity index (χ0v) is 24.4. The molecular formula is C36H26N2O2P2. The second kappa shape index (κ2) is 9.46. The summed E-state index contributed by atoms with van der Waals surface area (Å²) in [5.74, 6) is 0. The molecule has 2 unspecified atom stereocenters. The fourth-order valence-electron chi connectivity index (χ4n) is 6.44. The summed E-state index contributed by atoms with van der Waals surface area (Å²) in [6.07, 6.45) is 0. The van der Waals surface area contributed by atoms with Crippen molar-refractivity contribution < 1.29 is 9.13 Å². The number of hydrogen-bond donors (Lipinski definition) is 0. The molecule has 1 aliphatic rings. The number of para-hydroxylation sites is 3. The van der Waals surface area contributed by atoms with Crippen molar-refractivity contribution in [1.82, 2.24) is 4.57 Å². The lowest BCUT2D eigenvalue weighted by Gasteiger charge is -2.33. The van der Waals surface area contributed by atoms with Crippen molar-refractivity contribution >= 4 is 63.3 Å². The molecule has 1 aliphatic heterocycles. The van der Waals surface area contributed by atoms with E-state index in [1.807, 2.05) is 133 Å². The Morgan fingerprint density at radius 2 is 0.905 bits per heavy atom. The van der Waals surface area contributed by atoms with Crippen LogP contribution >= 0.6 is 14.6 Å². The highest BCUT2D eigenvalue weighted by molar-refractivity contribution is 8.01. The van der Waals surface area contributed by atoms with Crippen LogP contribution in [0, 0.1) is 0 Å². The molecule has 0 radical (unpaired) electrons. The largest absolute Gasteiger partial charge is 0.308 e. The number of aromatic nitrogens is 1. The van der Waals surface area contributed by atoms with Gasteiger partial charge in [0, 0.05) is 21.4 Å². The maximum absolute atomic E-state index is 16.3. The molecule has 0 bridgehead atoms. The number of anilines is 1. The van der Waals surface area contributed by atoms with Crippen LogP contribution < -0.4 is 25.7 Å². The third-order valence-corrected chi connectivity index (χ3v) is 15.5. The van der Waals surface area contributed by atoms with Crippen LogP contribution in [0.3, 0.4) is 0 Å². The predicted molar refractivity (Wildman–Crippen MR) is 176 cm³/mol. The molecule has 0 aliphatic carbocycles. The molecule has 0 amide bonds. The molecule has 0 spiro atoms. The highest BCUT2D eigenvalue weighted by Gasteiger charge is 2.57. The van der Waals surface area contributed by atoms with E-state index in [1.54, 1.807) is 4.44 Å². The van der Waals surface area contributed by atoms with Crippen molar-refractivity contribution in [2.24, 2.45) is 0 Å². The van der Waals surface area contributed by atoms with Crippen LogP contribution in [0.1, 0.15) is 0 Å². The van der Waals surface area contributed by atoms with Crippen molar-refractivity contribution in [3.8, 4) is 5.69 Å². The molecule has 2 atom stereocenters. The van der Waals surface area contributed by atoms with Crippen LogP contribution in [0.25, 0.3) is 27.5 Å². The molecule has 4 nitrogen and oxygen atoms in total. The zero-order valence-electron chi connectivity index (χ0n) is 22.6. The lowest BCUT2D eigenvalue weighted by atomic mass is 10.2. The summed E-state index contributed by atoms with van der Waals surface area (Å²) in [5, 5.41) is 4.77. The Morgan fingerprint density at radius 1 is 0.429 bits per heavy atom. The van der Waals surface area contributed by atoms with Crippen LogP contribution in [-0.4, -0.2) is 4.57 Å². The minimum absolute atomic E-state index is 0.615. The van der Waals surface area contributed by atoms with Gasteiger partial charge in [0.1, 0.15) is 0 Å². The maximum Gasteiger partial charge on any atom is 0.238 e. The maximum atomic E-state index is 16.3. The first-order chi connectivity index (χ1) is 20.6. The fraction of sp³-hybridized carbons (Fsp3) is 0. The number of nitrogens with zero attached hydrogens (tertiary/aromatic N) is 2. The molecule has 0 N–H and O–H groups in total. The normalized spacial score (nSPS) is 19.8. The smallest absolute Gasteiger partial charge is 0.238 e. The van der Waals surface area contributed by atoms with E-state index in [9.17, 15) is 0 Å². The summed E-state index contributed by atoms with van der Waals surface area (Å²) < 4.78 is 36.2. The molecule has 0 fully saturated rings. The van der Waals surface area contributed by atoms with E-state index in [1.165, 1.54) is 0 Å². The first-order valence-electron chi connectivity index (χ1n) is 13.9. The minimum atomic E-state index is -3.72. The second-order valence-electron chi connectivity index (χ2n) is 10.5. The Bertz CT molecular complexity index is 2160. The topological polar surface area (TPSA) is 42.3 Å². The summed E-state index contributed by atoms with van der Waals surface area (Å²) in [4.78, 5) is 0. The molecule has 42 heavy (non-hydrogen) atoms. The van der Waals surface area contributed by atoms with Crippen molar-refractivity contribution in [2.45, 2.75) is 0 Å². The average Bonchev–Trinajstić information content (AvgIpc) is 3.50. The first-order valence-corrected chi connectivity index (χ1v) is 17.3. The SMILES string of the molecule is O=P1(c2ccccc2)c2cccc(-n3c4ccccc4c4ccccc43)c2P(=O)(c2ccccc2)N1c1ccccc1. The van der Waals surface area contributed by atoms with Crippen LogP contribution in [0.2, 0.25) is 0 Å². The molecule has 202 valence electrons. The molecular weight excluding hydrogens is 554 g/mol. The number of fused-ring (bicyclic) bond motifs is 4. The van der Waals surface area contributed by atoms with E-state index in [-0.39, 0.29) is 0 Å². The summed E-state index contributed by atoms with van der Waals surface area (Å²) in [6, 6.07) is 51.2. The summed E-state index contributed by atoms with van der Waals surface area (Å²) >= 11 is 0. The van der Waals surface area contributed by atoms with Crippen LogP contribution in [0.5, 0.6) is 0 Å². The third-order valence-electron chi connectivity index (χ3n) is 8.18. The molecule has 8 rings (SSSR count). The molecule has 0 saturated heterocycles. The predicted octanol–water partition coefficient (Wildman–Crippen LogP) is 7.76. The van der Waals surface area contributed by atoms with Crippen molar-refractivity contribution in [3.63, 3.8) is 0 Å². The Balaban J connectivity index is 1.57. The van der Waals surface area contributed by atoms with Crippen molar-refractivity contribution in [1.29, 1.82) is 0 Å². The average molecular weight is 581 g/mol. The second-order valence-corrected chi connectivity index (χ2v) is 15.8. The van der Waals surface area contributed by atoms with E-state index in [0.717, 1.165) is 27.5 Å². The van der Waals surface area contributed by atoms with Gasteiger partial charge in [0.25, 0.3) is 0 Å². The first kappa shape index (κ1) is 25.1. The summed E-state index contributed by atoms with van der Waals surface area (Å²) in [5.41, 5.74) is 3.48. The molecule has 6 aromatic carbocycles. The van der Waals surface area contributed by atoms with Crippen LogP contribution in [0.4, 0.5) is 5.69 Å². The Morgan fingerprint density at radius 3 is 1.48 bits per heavy atom. The lowest BCUT2D eigenvalue weighted by molar-refractivity contribution is 0.581. The highest BCUT2D eigenvalue weighted by atomic mass is 31.2. The van der Waals surface area contributed by atoms with Gasteiger partial charge < -0.3 is 4.57 Å². The lowest BCUT2D eigenvalue weighted by Crippen LogP contribution is -2.28. The quantitative estimate of drug-likeness (QED) is 0.200.